The summed E-state index contributed by atoms with van der Waals surface area (Å²) in [7, 11) is 0. The minimum Gasteiger partial charge on any atom is -0.508 e. The Labute approximate surface area is 105 Å². The van der Waals surface area contributed by atoms with E-state index in [1.54, 1.807) is 12.1 Å². The van der Waals surface area contributed by atoms with Crippen LogP contribution in [0.3, 0.4) is 0 Å². The summed E-state index contributed by atoms with van der Waals surface area (Å²) in [6.07, 6.45) is 0. The fraction of sp³-hybridized carbons (Fsp3) is 0.357. The van der Waals surface area contributed by atoms with Gasteiger partial charge < -0.3 is 14.8 Å². The summed E-state index contributed by atoms with van der Waals surface area (Å²) in [6.45, 7) is 6.07. The highest BCUT2D eigenvalue weighted by Crippen LogP contribution is 2.21. The highest BCUT2D eigenvalue weighted by molar-refractivity contribution is 5.81. The van der Waals surface area contributed by atoms with E-state index in [1.807, 2.05) is 0 Å². The molecule has 4 heteroatoms. The number of nitrogens with two attached hydrogens (primary N) is 1. The van der Waals surface area contributed by atoms with Gasteiger partial charge in [0.25, 0.3) is 0 Å². The van der Waals surface area contributed by atoms with Crippen molar-refractivity contribution in [2.45, 2.75) is 20.4 Å². The molecular formula is C14H18NO3+. The molecule has 2 aromatic rings. The molecule has 0 fully saturated rings. The molecule has 4 nitrogen and oxygen atoms in total. The molecule has 18 heavy (non-hydrogen) atoms. The second-order valence-corrected chi connectivity index (χ2v) is 4.89. The van der Waals surface area contributed by atoms with Crippen LogP contribution in [0, 0.1) is 5.92 Å². The normalized spacial score (nSPS) is 11.3. The highest BCUT2D eigenvalue weighted by Gasteiger charge is 2.08. The lowest BCUT2D eigenvalue weighted by Gasteiger charge is -2.06. The van der Waals surface area contributed by atoms with Crippen LogP contribution in [0.5, 0.6) is 5.75 Å². The zero-order valence-electron chi connectivity index (χ0n) is 10.6. The Kier molecular flexibility index (Phi) is 3.67. The van der Waals surface area contributed by atoms with Crippen LogP contribution in [0.15, 0.2) is 33.5 Å². The first-order valence-corrected chi connectivity index (χ1v) is 6.13. The van der Waals surface area contributed by atoms with Gasteiger partial charge in [-0.15, -0.1) is 0 Å². The zero-order chi connectivity index (χ0) is 13.1. The number of hydrogen-bond acceptors (Lipinski definition) is 3. The number of aromatic hydroxyl groups is 1. The van der Waals surface area contributed by atoms with Gasteiger partial charge in [0.15, 0.2) is 0 Å². The van der Waals surface area contributed by atoms with Crippen molar-refractivity contribution in [3.05, 3.63) is 40.2 Å². The predicted molar refractivity (Wildman–Crippen MR) is 69.5 cm³/mol. The molecule has 96 valence electrons. The van der Waals surface area contributed by atoms with E-state index in [0.717, 1.165) is 24.0 Å². The Balaban J connectivity index is 2.34. The van der Waals surface area contributed by atoms with Crippen molar-refractivity contribution in [3.8, 4) is 5.75 Å². The number of phenolic OH excluding ortho intramolecular Hbond substituents is 1. The number of quaternary nitrogens is 1. The summed E-state index contributed by atoms with van der Waals surface area (Å²) >= 11 is 0. The van der Waals surface area contributed by atoms with E-state index in [4.69, 9.17) is 4.42 Å². The van der Waals surface area contributed by atoms with Crippen molar-refractivity contribution in [1.82, 2.24) is 0 Å². The smallest absolute Gasteiger partial charge is 0.336 e. The summed E-state index contributed by atoms with van der Waals surface area (Å²) in [4.78, 5) is 11.5. The van der Waals surface area contributed by atoms with Crippen molar-refractivity contribution >= 4 is 11.0 Å². The van der Waals surface area contributed by atoms with Gasteiger partial charge in [0.2, 0.25) is 0 Å². The molecule has 0 saturated heterocycles. The summed E-state index contributed by atoms with van der Waals surface area (Å²) in [5.74, 6) is 0.717. The quantitative estimate of drug-likeness (QED) is 0.799. The molecule has 0 amide bonds. The van der Waals surface area contributed by atoms with Crippen molar-refractivity contribution < 1.29 is 14.8 Å². The van der Waals surface area contributed by atoms with Gasteiger partial charge in [0.1, 0.15) is 17.9 Å². The monoisotopic (exact) mass is 248 g/mol. The number of phenols is 1. The maximum Gasteiger partial charge on any atom is 0.336 e. The van der Waals surface area contributed by atoms with E-state index in [1.165, 1.54) is 12.1 Å². The zero-order valence-corrected chi connectivity index (χ0v) is 10.6. The van der Waals surface area contributed by atoms with E-state index >= 15 is 0 Å². The molecule has 3 N–H and O–H groups in total. The molecule has 1 heterocycles. The molecular weight excluding hydrogens is 230 g/mol. The molecule has 0 bridgehead atoms. The molecule has 0 aliphatic carbocycles. The van der Waals surface area contributed by atoms with Crippen LogP contribution in [-0.4, -0.2) is 11.7 Å². The molecule has 0 unspecified atom stereocenters. The lowest BCUT2D eigenvalue weighted by Crippen LogP contribution is -2.83. The summed E-state index contributed by atoms with van der Waals surface area (Å²) < 4.78 is 5.08. The van der Waals surface area contributed by atoms with E-state index in [2.05, 4.69) is 19.2 Å². The summed E-state index contributed by atoms with van der Waals surface area (Å²) in [5.41, 5.74) is 1.01. The molecule has 0 spiro atoms. The third-order valence-electron chi connectivity index (χ3n) is 2.82. The summed E-state index contributed by atoms with van der Waals surface area (Å²) in [6, 6.07) is 6.39. The molecule has 0 saturated carbocycles. The number of hydrogen-bond donors (Lipinski definition) is 2. The van der Waals surface area contributed by atoms with Crippen LogP contribution in [-0.2, 0) is 6.54 Å². The lowest BCUT2D eigenvalue weighted by molar-refractivity contribution is -0.675. The highest BCUT2D eigenvalue weighted by atomic mass is 16.4. The topological polar surface area (TPSA) is 67.0 Å². The van der Waals surface area contributed by atoms with E-state index in [0.29, 0.717) is 11.5 Å². The minimum atomic E-state index is -0.374. The van der Waals surface area contributed by atoms with Crippen molar-refractivity contribution in [1.29, 1.82) is 0 Å². The van der Waals surface area contributed by atoms with Crippen LogP contribution in [0.4, 0.5) is 0 Å². The Hall–Kier alpha value is -1.81. The Morgan fingerprint density at radius 2 is 2.11 bits per heavy atom. The van der Waals surface area contributed by atoms with Gasteiger partial charge in [0.05, 0.1) is 6.54 Å². The first kappa shape index (κ1) is 12.6. The Morgan fingerprint density at radius 3 is 2.83 bits per heavy atom. The minimum absolute atomic E-state index is 0.106. The molecule has 1 aromatic carbocycles. The van der Waals surface area contributed by atoms with E-state index < -0.39 is 0 Å². The molecule has 0 aliphatic heterocycles. The summed E-state index contributed by atoms with van der Waals surface area (Å²) in [5, 5.41) is 12.4. The fourth-order valence-electron chi connectivity index (χ4n) is 1.96. The standard InChI is InChI=1S/C14H17NO3/c1-9(2)7-15-8-10-5-14(17)18-13-6-11(16)3-4-12(10)13/h3-6,9,15-16H,7-8H2,1-2H3/p+1. The average molecular weight is 248 g/mol. The number of fused-ring (bicyclic) bond motifs is 1. The van der Waals surface area contributed by atoms with Crippen LogP contribution in [0.2, 0.25) is 0 Å². The predicted octanol–water partition coefficient (Wildman–Crippen LogP) is 1.22. The van der Waals surface area contributed by atoms with Crippen LogP contribution in [0.1, 0.15) is 19.4 Å². The first-order valence-electron chi connectivity index (χ1n) is 6.13. The molecule has 0 atom stereocenters. The fourth-order valence-corrected chi connectivity index (χ4v) is 1.96. The second kappa shape index (κ2) is 5.23. The lowest BCUT2D eigenvalue weighted by atomic mass is 10.1. The van der Waals surface area contributed by atoms with Crippen molar-refractivity contribution in [2.24, 2.45) is 5.92 Å². The van der Waals surface area contributed by atoms with Crippen molar-refractivity contribution in [2.75, 3.05) is 6.54 Å². The number of rotatable bonds is 4. The molecule has 0 radical (unpaired) electrons. The van der Waals surface area contributed by atoms with Gasteiger partial charge in [-0.1, -0.05) is 13.8 Å². The molecule has 2 rings (SSSR count). The third-order valence-corrected chi connectivity index (χ3v) is 2.82. The maximum absolute atomic E-state index is 11.5. The van der Waals surface area contributed by atoms with E-state index in [9.17, 15) is 9.90 Å². The van der Waals surface area contributed by atoms with Gasteiger partial charge in [-0.25, -0.2) is 4.79 Å². The van der Waals surface area contributed by atoms with Crippen molar-refractivity contribution in [3.63, 3.8) is 0 Å². The second-order valence-electron chi connectivity index (χ2n) is 4.89. The van der Waals surface area contributed by atoms with Crippen LogP contribution in [0.25, 0.3) is 11.0 Å². The molecule has 1 aromatic heterocycles. The number of benzene rings is 1. The van der Waals surface area contributed by atoms with Gasteiger partial charge in [-0.2, -0.15) is 0 Å². The van der Waals surface area contributed by atoms with Gasteiger partial charge >= 0.3 is 5.63 Å². The maximum atomic E-state index is 11.5. The van der Waals surface area contributed by atoms with Gasteiger partial charge in [0, 0.05) is 29.0 Å². The van der Waals surface area contributed by atoms with E-state index in [-0.39, 0.29) is 11.4 Å². The van der Waals surface area contributed by atoms with Gasteiger partial charge in [-0.05, 0) is 12.1 Å². The third kappa shape index (κ3) is 2.90. The largest absolute Gasteiger partial charge is 0.508 e. The Bertz CT molecular complexity index is 602. The average Bonchev–Trinajstić information content (AvgIpc) is 2.27. The van der Waals surface area contributed by atoms with Gasteiger partial charge in [-0.3, -0.25) is 0 Å². The first-order chi connectivity index (χ1) is 8.56. The Morgan fingerprint density at radius 1 is 1.33 bits per heavy atom. The van der Waals surface area contributed by atoms with Crippen LogP contribution < -0.4 is 10.9 Å². The SMILES string of the molecule is CC(C)C[NH2+]Cc1cc(=O)oc2cc(O)ccc12. The van der Waals surface area contributed by atoms with Crippen LogP contribution >= 0.6 is 0 Å². The molecule has 0 aliphatic rings.